The Kier molecular flexibility index (Phi) is 7.39. The Morgan fingerprint density at radius 3 is 2.74 bits per heavy atom. The first-order valence-electron chi connectivity index (χ1n) is 11.0. The zero-order chi connectivity index (χ0) is 24.4. The number of nitrogens with zero attached hydrogens (tertiary/aromatic N) is 2. The van der Waals surface area contributed by atoms with Crippen molar-refractivity contribution in [2.24, 2.45) is 4.99 Å². The summed E-state index contributed by atoms with van der Waals surface area (Å²) in [4.78, 5) is 19.2. The molecule has 0 radical (unpaired) electrons. The van der Waals surface area contributed by atoms with Crippen molar-refractivity contribution < 1.29 is 4.79 Å². The molecule has 0 saturated carbocycles. The number of aromatic nitrogens is 1. The highest BCUT2D eigenvalue weighted by molar-refractivity contribution is 9.10. The van der Waals surface area contributed by atoms with Gasteiger partial charge < -0.3 is 9.88 Å². The zero-order valence-corrected chi connectivity index (χ0v) is 22.8. The molecule has 8 heteroatoms. The van der Waals surface area contributed by atoms with Crippen LogP contribution in [-0.4, -0.2) is 21.4 Å². The normalized spacial score (nSPS) is 15.9. The van der Waals surface area contributed by atoms with E-state index in [-0.39, 0.29) is 5.91 Å². The van der Waals surface area contributed by atoms with Crippen LogP contribution in [0.1, 0.15) is 11.1 Å². The van der Waals surface area contributed by atoms with Crippen molar-refractivity contribution in [3.8, 4) is 0 Å². The van der Waals surface area contributed by atoms with Crippen molar-refractivity contribution in [1.82, 2.24) is 9.88 Å². The maximum atomic E-state index is 12.7. The maximum Gasteiger partial charge on any atom is 0.264 e. The van der Waals surface area contributed by atoms with Crippen LogP contribution in [0.15, 0.2) is 92.2 Å². The number of carbonyl (C=O) groups excluding carboxylic acids is 1. The fourth-order valence-electron chi connectivity index (χ4n) is 3.84. The van der Waals surface area contributed by atoms with Gasteiger partial charge in [-0.25, -0.2) is 4.99 Å². The number of rotatable bonds is 6. The third-order valence-electron chi connectivity index (χ3n) is 5.55. The van der Waals surface area contributed by atoms with E-state index in [2.05, 4.69) is 49.1 Å². The summed E-state index contributed by atoms with van der Waals surface area (Å²) < 4.78 is 3.26. The monoisotopic (exact) mass is 581 g/mol. The number of halogens is 2. The van der Waals surface area contributed by atoms with E-state index in [0.29, 0.717) is 10.1 Å². The Hall–Kier alpha value is -2.45. The summed E-state index contributed by atoms with van der Waals surface area (Å²) in [6.07, 6.45) is 4.09. The minimum absolute atomic E-state index is 0.126. The molecule has 3 aromatic carbocycles. The van der Waals surface area contributed by atoms with Gasteiger partial charge in [-0.1, -0.05) is 45.7 Å². The van der Waals surface area contributed by atoms with E-state index in [4.69, 9.17) is 11.6 Å². The fourth-order valence-corrected chi connectivity index (χ4v) is 6.12. The Balaban J connectivity index is 1.36. The SMILES string of the molecule is Cc1cc(Br)ccc1N=C1NC(=O)/C(=C/c2cn(CCSc3ccc(Cl)cc3)c3ccccc23)S1. The minimum atomic E-state index is -0.126. The topological polar surface area (TPSA) is 46.4 Å². The average Bonchev–Trinajstić information content (AvgIpc) is 3.37. The molecule has 176 valence electrons. The van der Waals surface area contributed by atoms with Gasteiger partial charge in [-0.05, 0) is 78.9 Å². The van der Waals surface area contributed by atoms with E-state index in [1.165, 1.54) is 16.7 Å². The van der Waals surface area contributed by atoms with E-state index in [0.717, 1.165) is 49.5 Å². The van der Waals surface area contributed by atoms with Crippen LogP contribution in [0, 0.1) is 6.92 Å². The largest absolute Gasteiger partial charge is 0.346 e. The number of nitrogens with one attached hydrogen (secondary N) is 1. The molecule has 1 saturated heterocycles. The highest BCUT2D eigenvalue weighted by atomic mass is 79.9. The summed E-state index contributed by atoms with van der Waals surface area (Å²) in [6.45, 7) is 2.86. The molecule has 2 heterocycles. The van der Waals surface area contributed by atoms with Crippen LogP contribution in [0.2, 0.25) is 5.02 Å². The average molecular weight is 583 g/mol. The van der Waals surface area contributed by atoms with Gasteiger partial charge >= 0.3 is 0 Å². The lowest BCUT2D eigenvalue weighted by Gasteiger charge is -2.05. The summed E-state index contributed by atoms with van der Waals surface area (Å²) >= 11 is 12.6. The van der Waals surface area contributed by atoms with Gasteiger partial charge in [-0.2, -0.15) is 0 Å². The van der Waals surface area contributed by atoms with E-state index in [1.54, 1.807) is 11.8 Å². The van der Waals surface area contributed by atoms with Crippen molar-refractivity contribution in [2.75, 3.05) is 5.75 Å². The molecule has 35 heavy (non-hydrogen) atoms. The number of hydrogen-bond acceptors (Lipinski definition) is 4. The molecule has 0 spiro atoms. The Morgan fingerprint density at radius 1 is 1.14 bits per heavy atom. The first-order chi connectivity index (χ1) is 17.0. The molecular weight excluding hydrogens is 562 g/mol. The number of carbonyl (C=O) groups is 1. The van der Waals surface area contributed by atoms with Crippen LogP contribution in [0.25, 0.3) is 17.0 Å². The van der Waals surface area contributed by atoms with E-state index in [1.807, 2.05) is 67.6 Å². The molecule has 5 rings (SSSR count). The van der Waals surface area contributed by atoms with Crippen LogP contribution < -0.4 is 5.32 Å². The number of aryl methyl sites for hydroxylation is 2. The highest BCUT2D eigenvalue weighted by Gasteiger charge is 2.24. The third kappa shape index (κ3) is 5.70. The summed E-state index contributed by atoms with van der Waals surface area (Å²) in [5.74, 6) is 0.799. The molecular formula is C27H21BrClN3OS2. The third-order valence-corrected chi connectivity index (χ3v) is 8.20. The Morgan fingerprint density at radius 2 is 1.94 bits per heavy atom. The van der Waals surface area contributed by atoms with Crippen molar-refractivity contribution in [1.29, 1.82) is 0 Å². The number of hydrogen-bond donors (Lipinski definition) is 1. The molecule has 1 fully saturated rings. The van der Waals surface area contributed by atoms with E-state index < -0.39 is 0 Å². The lowest BCUT2D eigenvalue weighted by molar-refractivity contribution is -0.115. The number of aliphatic imine (C=N–C) groups is 1. The molecule has 0 aliphatic carbocycles. The van der Waals surface area contributed by atoms with Gasteiger partial charge in [0.15, 0.2) is 5.17 Å². The lowest BCUT2D eigenvalue weighted by Crippen LogP contribution is -2.19. The number of amides is 1. The van der Waals surface area contributed by atoms with Crippen LogP contribution in [0.4, 0.5) is 5.69 Å². The number of amidine groups is 1. The summed E-state index contributed by atoms with van der Waals surface area (Å²) in [6, 6.07) is 22.1. The van der Waals surface area contributed by atoms with Crippen LogP contribution in [0.3, 0.4) is 0 Å². The van der Waals surface area contributed by atoms with E-state index >= 15 is 0 Å². The predicted molar refractivity (Wildman–Crippen MR) is 154 cm³/mol. The first kappa shape index (κ1) is 24.3. The van der Waals surface area contributed by atoms with Gasteiger partial charge in [0.2, 0.25) is 0 Å². The summed E-state index contributed by atoms with van der Waals surface area (Å²) in [5, 5.41) is 5.36. The zero-order valence-electron chi connectivity index (χ0n) is 18.8. The Bertz CT molecular complexity index is 1480. The Labute approximate surface area is 226 Å². The standard InChI is InChI=1S/C27H21BrClN3OS2/c1-17-14-19(28)6-11-23(17)30-27-31-26(33)25(35-27)15-18-16-32(24-5-3-2-4-22(18)24)12-13-34-21-9-7-20(29)8-10-21/h2-11,14-16H,12-13H2,1H3,(H,30,31,33)/b25-15-. The van der Waals surface area contributed by atoms with Crippen LogP contribution in [-0.2, 0) is 11.3 Å². The van der Waals surface area contributed by atoms with Crippen LogP contribution in [0.5, 0.6) is 0 Å². The van der Waals surface area contributed by atoms with E-state index in [9.17, 15) is 4.79 Å². The second-order valence-corrected chi connectivity index (χ2v) is 11.6. The first-order valence-corrected chi connectivity index (χ1v) is 14.0. The number of benzene rings is 3. The predicted octanol–water partition coefficient (Wildman–Crippen LogP) is 8.05. The summed E-state index contributed by atoms with van der Waals surface area (Å²) in [5.41, 5.74) is 4.06. The lowest BCUT2D eigenvalue weighted by atomic mass is 10.1. The fraction of sp³-hybridized carbons (Fsp3) is 0.111. The van der Waals surface area contributed by atoms with Gasteiger partial charge in [-0.3, -0.25) is 4.79 Å². The molecule has 0 bridgehead atoms. The van der Waals surface area contributed by atoms with Gasteiger partial charge in [0, 0.05) is 49.4 Å². The van der Waals surface area contributed by atoms with Crippen molar-refractivity contribution in [2.45, 2.75) is 18.4 Å². The van der Waals surface area contributed by atoms with Gasteiger partial charge in [0.25, 0.3) is 5.91 Å². The maximum absolute atomic E-state index is 12.7. The second kappa shape index (κ2) is 10.7. The molecule has 1 aromatic heterocycles. The van der Waals surface area contributed by atoms with Gasteiger partial charge in [0.05, 0.1) is 10.6 Å². The number of para-hydroxylation sites is 1. The molecule has 1 N–H and O–H groups in total. The number of thioether (sulfide) groups is 2. The molecule has 1 aliphatic rings. The highest BCUT2D eigenvalue weighted by Crippen LogP contribution is 2.32. The molecule has 0 atom stereocenters. The molecule has 4 nitrogen and oxygen atoms in total. The van der Waals surface area contributed by atoms with Crippen molar-refractivity contribution in [3.63, 3.8) is 0 Å². The molecule has 1 amide bonds. The quantitative estimate of drug-likeness (QED) is 0.185. The van der Waals surface area contributed by atoms with Crippen molar-refractivity contribution >= 4 is 84.8 Å². The molecule has 1 aliphatic heterocycles. The smallest absolute Gasteiger partial charge is 0.264 e. The second-order valence-electron chi connectivity index (χ2n) is 8.01. The van der Waals surface area contributed by atoms with Gasteiger partial charge in [0.1, 0.15) is 0 Å². The summed E-state index contributed by atoms with van der Waals surface area (Å²) in [7, 11) is 0. The van der Waals surface area contributed by atoms with Crippen molar-refractivity contribution in [3.05, 3.63) is 98.5 Å². The van der Waals surface area contributed by atoms with Gasteiger partial charge in [-0.15, -0.1) is 11.8 Å². The molecule has 0 unspecified atom stereocenters. The van der Waals surface area contributed by atoms with Crippen LogP contribution >= 0.6 is 51.1 Å². The molecule has 4 aromatic rings. The number of fused-ring (bicyclic) bond motifs is 1. The minimum Gasteiger partial charge on any atom is -0.346 e.